The van der Waals surface area contributed by atoms with Gasteiger partial charge in [-0.15, -0.1) is 0 Å². The summed E-state index contributed by atoms with van der Waals surface area (Å²) in [5.74, 6) is 0. The Bertz CT molecular complexity index is 263. The average Bonchev–Trinajstić information content (AvgIpc) is 2.18. The van der Waals surface area contributed by atoms with Crippen LogP contribution in [0.3, 0.4) is 0 Å². The van der Waals surface area contributed by atoms with E-state index in [1.807, 2.05) is 13.8 Å². The Labute approximate surface area is 93.3 Å². The molecule has 1 fully saturated rings. The fourth-order valence-corrected chi connectivity index (χ4v) is 2.46. The Balaban J connectivity index is 2.88. The zero-order valence-corrected chi connectivity index (χ0v) is 10.4. The van der Waals surface area contributed by atoms with Crippen molar-refractivity contribution in [3.05, 3.63) is 0 Å². The van der Waals surface area contributed by atoms with Crippen molar-refractivity contribution in [3.63, 3.8) is 0 Å². The third-order valence-corrected chi connectivity index (χ3v) is 4.39. The topological polar surface area (TPSA) is 44.0 Å². The van der Waals surface area contributed by atoms with Crippen LogP contribution in [0.4, 0.5) is 0 Å². The lowest BCUT2D eigenvalue weighted by molar-refractivity contribution is -0.0737. The summed E-state index contributed by atoms with van der Waals surface area (Å²) in [4.78, 5) is 0. The van der Waals surface area contributed by atoms with Gasteiger partial charge in [-0.3, -0.25) is 0 Å². The highest BCUT2D eigenvalue weighted by Crippen LogP contribution is 2.50. The predicted molar refractivity (Wildman–Crippen MR) is 61.2 cm³/mol. The van der Waals surface area contributed by atoms with E-state index in [2.05, 4.69) is 19.9 Å². The van der Waals surface area contributed by atoms with Gasteiger partial charge in [-0.1, -0.05) is 20.8 Å². The molecule has 1 rings (SSSR count). The first-order valence-corrected chi connectivity index (χ1v) is 5.92. The number of nitrogens with zero attached hydrogens (tertiary/aromatic N) is 1. The van der Waals surface area contributed by atoms with E-state index in [1.54, 1.807) is 0 Å². The van der Waals surface area contributed by atoms with Crippen molar-refractivity contribution >= 4 is 0 Å². The van der Waals surface area contributed by atoms with Crippen molar-refractivity contribution in [2.24, 2.45) is 10.8 Å². The van der Waals surface area contributed by atoms with Crippen LogP contribution in [0.2, 0.25) is 0 Å². The maximum Gasteiger partial charge on any atom is 0.0857 e. The second-order valence-electron chi connectivity index (χ2n) is 5.99. The monoisotopic (exact) mass is 209 g/mol. The summed E-state index contributed by atoms with van der Waals surface area (Å²) in [6.45, 7) is 8.26. The number of rotatable bonds is 2. The van der Waals surface area contributed by atoms with Crippen molar-refractivity contribution < 1.29 is 5.11 Å². The molecule has 1 N–H and O–H groups in total. The van der Waals surface area contributed by atoms with Crippen molar-refractivity contribution in [2.45, 2.75) is 65.4 Å². The number of hydrogen-bond acceptors (Lipinski definition) is 2. The van der Waals surface area contributed by atoms with E-state index in [9.17, 15) is 10.4 Å². The third kappa shape index (κ3) is 2.18. The van der Waals surface area contributed by atoms with Gasteiger partial charge in [0, 0.05) is 0 Å². The van der Waals surface area contributed by atoms with E-state index in [0.29, 0.717) is 11.8 Å². The van der Waals surface area contributed by atoms with Gasteiger partial charge in [0.1, 0.15) is 0 Å². The van der Waals surface area contributed by atoms with Crippen molar-refractivity contribution in [2.75, 3.05) is 0 Å². The highest BCUT2D eigenvalue weighted by atomic mass is 16.3. The molecule has 1 atom stereocenters. The molecule has 2 nitrogen and oxygen atoms in total. The quantitative estimate of drug-likeness (QED) is 0.758. The number of aliphatic hydroxyl groups is 1. The molecule has 0 spiro atoms. The van der Waals surface area contributed by atoms with Gasteiger partial charge < -0.3 is 5.11 Å². The average molecular weight is 209 g/mol. The van der Waals surface area contributed by atoms with E-state index in [4.69, 9.17) is 0 Å². The summed E-state index contributed by atoms with van der Waals surface area (Å²) in [7, 11) is 0. The Morgan fingerprint density at radius 1 is 1.27 bits per heavy atom. The van der Waals surface area contributed by atoms with E-state index >= 15 is 0 Å². The molecule has 0 saturated heterocycles. The zero-order chi connectivity index (χ0) is 11.7. The first-order chi connectivity index (χ1) is 6.79. The Hall–Kier alpha value is -0.550. The fraction of sp³-hybridized carbons (Fsp3) is 0.923. The second-order valence-corrected chi connectivity index (χ2v) is 5.99. The molecular weight excluding hydrogens is 186 g/mol. The number of nitriles is 1. The lowest BCUT2D eigenvalue weighted by Crippen LogP contribution is -2.47. The van der Waals surface area contributed by atoms with Gasteiger partial charge in [-0.05, 0) is 44.4 Å². The normalized spacial score (nSPS) is 27.7. The molecule has 0 aromatic rings. The van der Waals surface area contributed by atoms with Crippen LogP contribution in [0.1, 0.15) is 59.8 Å². The molecule has 0 heterocycles. The molecule has 1 aliphatic rings. The maximum absolute atomic E-state index is 10.3. The molecule has 15 heavy (non-hydrogen) atoms. The van der Waals surface area contributed by atoms with Crippen molar-refractivity contribution in [3.8, 4) is 6.07 Å². The number of hydrogen-bond donors (Lipinski definition) is 1. The summed E-state index contributed by atoms with van der Waals surface area (Å²) in [5, 5.41) is 19.7. The first-order valence-electron chi connectivity index (χ1n) is 5.92. The van der Waals surface area contributed by atoms with E-state index in [0.717, 1.165) is 25.7 Å². The van der Waals surface area contributed by atoms with E-state index < -0.39 is 11.0 Å². The largest absolute Gasteiger partial charge is 0.389 e. The van der Waals surface area contributed by atoms with Gasteiger partial charge >= 0.3 is 0 Å². The summed E-state index contributed by atoms with van der Waals surface area (Å²) in [6, 6.07) is 2.40. The van der Waals surface area contributed by atoms with Gasteiger partial charge in [0.15, 0.2) is 0 Å². The lowest BCUT2D eigenvalue weighted by Gasteiger charge is -2.46. The van der Waals surface area contributed by atoms with Crippen molar-refractivity contribution in [1.82, 2.24) is 0 Å². The molecular formula is C13H23NO. The Kier molecular flexibility index (Phi) is 3.16. The Morgan fingerprint density at radius 2 is 1.73 bits per heavy atom. The van der Waals surface area contributed by atoms with Gasteiger partial charge in [0.25, 0.3) is 0 Å². The van der Waals surface area contributed by atoms with Crippen LogP contribution in [0.5, 0.6) is 0 Å². The lowest BCUT2D eigenvalue weighted by atomic mass is 9.59. The molecule has 0 aromatic carbocycles. The minimum absolute atomic E-state index is 0.337. The van der Waals surface area contributed by atoms with Crippen LogP contribution < -0.4 is 0 Å². The summed E-state index contributed by atoms with van der Waals surface area (Å²) in [6.07, 6.45) is 4.39. The van der Waals surface area contributed by atoms with E-state index in [-0.39, 0.29) is 0 Å². The smallest absolute Gasteiger partial charge is 0.0857 e. The second kappa shape index (κ2) is 3.79. The van der Waals surface area contributed by atoms with Gasteiger partial charge in [0.05, 0.1) is 17.1 Å². The molecule has 0 radical (unpaired) electrons. The standard InChI is InChI=1S/C13H23NO/c1-5-12(4,15)13(10-14)8-6-11(2,3)7-9-13/h15H,5-9H2,1-4H3. The van der Waals surface area contributed by atoms with Crippen LogP contribution in [0, 0.1) is 22.2 Å². The van der Waals surface area contributed by atoms with Crippen molar-refractivity contribution in [1.29, 1.82) is 5.26 Å². The molecule has 1 saturated carbocycles. The third-order valence-electron chi connectivity index (χ3n) is 4.39. The SMILES string of the molecule is CCC(C)(O)C1(C#N)CCC(C)(C)CC1. The van der Waals surface area contributed by atoms with Crippen LogP contribution in [-0.4, -0.2) is 10.7 Å². The van der Waals surface area contributed by atoms with Gasteiger partial charge in [-0.2, -0.15) is 5.26 Å². The molecule has 86 valence electrons. The first kappa shape index (κ1) is 12.5. The van der Waals surface area contributed by atoms with Crippen LogP contribution in [-0.2, 0) is 0 Å². The molecule has 1 aliphatic carbocycles. The Morgan fingerprint density at radius 3 is 2.07 bits per heavy atom. The van der Waals surface area contributed by atoms with Crippen LogP contribution >= 0.6 is 0 Å². The molecule has 1 unspecified atom stereocenters. The summed E-state index contributed by atoms with van der Waals surface area (Å²) >= 11 is 0. The minimum atomic E-state index is -0.835. The molecule has 0 aliphatic heterocycles. The van der Waals surface area contributed by atoms with E-state index in [1.165, 1.54) is 0 Å². The highest BCUT2D eigenvalue weighted by Gasteiger charge is 2.49. The molecule has 0 bridgehead atoms. The maximum atomic E-state index is 10.3. The fourth-order valence-electron chi connectivity index (χ4n) is 2.46. The minimum Gasteiger partial charge on any atom is -0.389 e. The van der Waals surface area contributed by atoms with Crippen LogP contribution in [0.25, 0.3) is 0 Å². The molecule has 0 aromatic heterocycles. The van der Waals surface area contributed by atoms with Gasteiger partial charge in [-0.25, -0.2) is 0 Å². The summed E-state index contributed by atoms with van der Waals surface area (Å²) < 4.78 is 0. The predicted octanol–water partition coefficient (Wildman–Crippen LogP) is 3.26. The van der Waals surface area contributed by atoms with Crippen LogP contribution in [0.15, 0.2) is 0 Å². The molecule has 0 amide bonds. The molecule has 2 heteroatoms. The highest BCUT2D eigenvalue weighted by molar-refractivity contribution is 5.11. The summed E-state index contributed by atoms with van der Waals surface area (Å²) in [5.41, 5.74) is -1.01. The zero-order valence-electron chi connectivity index (χ0n) is 10.4. The van der Waals surface area contributed by atoms with Gasteiger partial charge in [0.2, 0.25) is 0 Å².